The van der Waals surface area contributed by atoms with Crippen molar-refractivity contribution in [3.63, 3.8) is 0 Å². The Kier molecular flexibility index (Phi) is 14.0. The normalized spacial score (nSPS) is 27.4. The van der Waals surface area contributed by atoms with Gasteiger partial charge in [0, 0.05) is 44.1 Å². The van der Waals surface area contributed by atoms with Gasteiger partial charge in [-0.3, -0.25) is 9.59 Å². The number of piperidine rings is 1. The number of amides is 4. The molecule has 5 aliphatic heterocycles. The number of aromatic nitrogens is 4. The highest BCUT2D eigenvalue weighted by atomic mass is 19.1. The Labute approximate surface area is 447 Å². The van der Waals surface area contributed by atoms with Crippen LogP contribution in [0.2, 0.25) is 0 Å². The number of ether oxygens (including phenoxy) is 2. The maximum atomic E-state index is 16.6. The van der Waals surface area contributed by atoms with Gasteiger partial charge in [0.25, 0.3) is 0 Å². The number of carboxylic acid groups (broad SMARTS) is 1. The number of nitrogens with zero attached hydrogens (tertiary/aromatic N) is 6. The van der Waals surface area contributed by atoms with Crippen molar-refractivity contribution in [2.24, 2.45) is 23.7 Å². The summed E-state index contributed by atoms with van der Waals surface area (Å²) in [5, 5.41) is 15.3. The number of likely N-dealkylation sites (tertiary alicyclic amines) is 2. The van der Waals surface area contributed by atoms with Crippen molar-refractivity contribution in [1.82, 2.24) is 40.4 Å². The second-order valence-electron chi connectivity index (χ2n) is 23.4. The van der Waals surface area contributed by atoms with Gasteiger partial charge in [-0.2, -0.15) is 0 Å². The molecule has 0 unspecified atom stereocenters. The number of fused-ring (bicyclic) bond motifs is 4. The topological polar surface area (TPSA) is 201 Å². The summed E-state index contributed by atoms with van der Waals surface area (Å²) in [6.07, 6.45) is 10.8. The second-order valence-corrected chi connectivity index (χ2v) is 23.4. The number of alkyl carbamates (subject to hydrolysis) is 1. The Hall–Kier alpha value is -6.50. The number of rotatable bonds is 12. The monoisotopic (exact) mass is 1060 g/mol. The first-order valence-corrected chi connectivity index (χ1v) is 28.4. The number of imidazole rings is 2. The van der Waals surface area contributed by atoms with Crippen LogP contribution < -0.4 is 20.4 Å². The zero-order chi connectivity index (χ0) is 53.2. The van der Waals surface area contributed by atoms with Crippen LogP contribution in [0.25, 0.3) is 22.1 Å². The molecule has 7 aliphatic rings. The second kappa shape index (κ2) is 21.0. The summed E-state index contributed by atoms with van der Waals surface area (Å²) in [5.74, 6) is 0.0898. The fourth-order valence-electron chi connectivity index (χ4n) is 15.1. The number of hydrogen-bond acceptors (Lipinski definition) is 10. The zero-order valence-electron chi connectivity index (χ0n) is 44.3. The fraction of sp³-hybridized carbons (Fsp3) is 0.586. The fourth-order valence-corrected chi connectivity index (χ4v) is 15.1. The number of carbonyl (C=O) groups is 4. The van der Waals surface area contributed by atoms with Crippen LogP contribution in [0.4, 0.5) is 29.7 Å². The van der Waals surface area contributed by atoms with Crippen LogP contribution in [0.5, 0.6) is 0 Å². The van der Waals surface area contributed by atoms with Gasteiger partial charge < -0.3 is 54.8 Å². The average molecular weight is 1060 g/mol. The first-order valence-electron chi connectivity index (χ1n) is 28.4. The molecule has 5 N–H and O–H groups in total. The minimum Gasteiger partial charge on any atom is -0.465 e. The summed E-state index contributed by atoms with van der Waals surface area (Å²) in [6.45, 7) is 5.99. The van der Waals surface area contributed by atoms with Crippen molar-refractivity contribution in [1.29, 1.82) is 0 Å². The van der Waals surface area contributed by atoms with E-state index in [1.807, 2.05) is 46.7 Å². The molecule has 2 aromatic heterocycles. The molecule has 17 nitrogen and oxygen atoms in total. The van der Waals surface area contributed by atoms with E-state index in [0.717, 1.165) is 104 Å². The van der Waals surface area contributed by atoms with Crippen molar-refractivity contribution < 1.29 is 42.5 Å². The molecule has 410 valence electrons. The van der Waals surface area contributed by atoms with Gasteiger partial charge in [-0.25, -0.2) is 28.3 Å². The number of halogens is 2. The number of nitrogens with one attached hydrogen (secondary N) is 4. The van der Waals surface area contributed by atoms with Gasteiger partial charge in [-0.15, -0.1) is 0 Å². The Morgan fingerprint density at radius 3 is 1.75 bits per heavy atom. The molecule has 5 saturated heterocycles. The summed E-state index contributed by atoms with van der Waals surface area (Å²) in [6, 6.07) is 12.4. The van der Waals surface area contributed by atoms with Gasteiger partial charge in [0.15, 0.2) is 11.6 Å². The minimum absolute atomic E-state index is 0.00605. The van der Waals surface area contributed by atoms with Gasteiger partial charge in [-0.1, -0.05) is 38.8 Å². The number of aromatic amines is 2. The average Bonchev–Trinajstić information content (AvgIpc) is 4.45. The standard InChI is InChI=1S/C58H72F2N10O7/c1-31(2)50(66-58(75)76-3)55(71)69-44-11-7-9-33(44)27-48(69)53-61-40-15-13-35(25-42(40)63-53)46-17-18-47(68(46)37-29-38(59)52(39(60)30-37)67-21-5-4-6-22-67)36-14-16-41-43(26-36)64-54(62-41)49-28-34-10-8-12-45(34)70(49)56(72)51(65-57(73)74)32-19-23-77-24-20-32/h13-16,25-26,29-34,44-51,65H,4-12,17-24,27-28H2,1-3H3,(H,61,63)(H,62,64)(H,66,75)(H,73,74)/t33-,34-,44-,45-,46+,47+,48-,49-,50-,51-/m0/s1. The number of carbonyl (C=O) groups excluding carboxylic acids is 3. The molecule has 7 fully saturated rings. The van der Waals surface area contributed by atoms with Gasteiger partial charge >= 0.3 is 12.2 Å². The van der Waals surface area contributed by atoms with E-state index in [-0.39, 0.29) is 71.5 Å². The molecule has 7 heterocycles. The Balaban J connectivity index is 0.875. The molecule has 77 heavy (non-hydrogen) atoms. The third kappa shape index (κ3) is 9.51. The maximum Gasteiger partial charge on any atom is 0.407 e. The van der Waals surface area contributed by atoms with E-state index in [0.29, 0.717) is 75.2 Å². The van der Waals surface area contributed by atoms with E-state index in [1.165, 1.54) is 19.2 Å². The van der Waals surface area contributed by atoms with E-state index in [1.54, 1.807) is 0 Å². The van der Waals surface area contributed by atoms with Crippen LogP contribution in [0, 0.1) is 35.3 Å². The highest BCUT2D eigenvalue weighted by molar-refractivity contribution is 5.88. The third-order valence-electron chi connectivity index (χ3n) is 18.7. The molecule has 10 atom stereocenters. The van der Waals surface area contributed by atoms with Gasteiger partial charge in [-0.05, 0) is 155 Å². The Morgan fingerprint density at radius 1 is 0.688 bits per heavy atom. The van der Waals surface area contributed by atoms with E-state index in [9.17, 15) is 24.3 Å². The lowest BCUT2D eigenvalue weighted by Gasteiger charge is -2.36. The molecule has 4 amide bonds. The number of anilines is 2. The third-order valence-corrected chi connectivity index (χ3v) is 18.7. The molecule has 12 rings (SSSR count). The summed E-state index contributed by atoms with van der Waals surface area (Å²) < 4.78 is 43.7. The Morgan fingerprint density at radius 2 is 1.23 bits per heavy atom. The number of benzene rings is 3. The van der Waals surface area contributed by atoms with Gasteiger partial charge in [0.2, 0.25) is 11.8 Å². The summed E-state index contributed by atoms with van der Waals surface area (Å²) >= 11 is 0. The lowest BCUT2D eigenvalue weighted by atomic mass is 9.90. The molecule has 3 aromatic carbocycles. The summed E-state index contributed by atoms with van der Waals surface area (Å²) in [5.41, 5.74) is 5.41. The van der Waals surface area contributed by atoms with E-state index < -0.39 is 35.9 Å². The van der Waals surface area contributed by atoms with E-state index in [4.69, 9.17) is 19.4 Å². The van der Waals surface area contributed by atoms with Crippen LogP contribution in [0.3, 0.4) is 0 Å². The van der Waals surface area contributed by atoms with E-state index >= 15 is 8.78 Å². The predicted molar refractivity (Wildman–Crippen MR) is 285 cm³/mol. The predicted octanol–water partition coefficient (Wildman–Crippen LogP) is 10.1. The molecular formula is C58H72F2N10O7. The maximum absolute atomic E-state index is 16.6. The first kappa shape index (κ1) is 51.3. The van der Waals surface area contributed by atoms with Gasteiger partial charge in [0.05, 0.1) is 53.3 Å². The van der Waals surface area contributed by atoms with Crippen molar-refractivity contribution in [2.75, 3.05) is 43.2 Å². The summed E-state index contributed by atoms with van der Waals surface area (Å²) in [4.78, 5) is 79.2. The van der Waals surface area contributed by atoms with Crippen LogP contribution in [0.1, 0.15) is 157 Å². The first-order chi connectivity index (χ1) is 37.3. The van der Waals surface area contributed by atoms with Crippen LogP contribution in [0.15, 0.2) is 48.5 Å². The van der Waals surface area contributed by atoms with Crippen molar-refractivity contribution in [3.8, 4) is 0 Å². The van der Waals surface area contributed by atoms with Crippen molar-refractivity contribution in [2.45, 2.75) is 158 Å². The largest absolute Gasteiger partial charge is 0.465 e. The smallest absolute Gasteiger partial charge is 0.407 e. The molecule has 5 aromatic rings. The summed E-state index contributed by atoms with van der Waals surface area (Å²) in [7, 11) is 1.30. The molecule has 19 heteroatoms. The highest BCUT2D eigenvalue weighted by Crippen LogP contribution is 2.52. The molecule has 2 aliphatic carbocycles. The number of methoxy groups -OCH3 is 1. The SMILES string of the molecule is COC(=O)N[C@H](C(=O)N1[C@H](c2nc3ccc([C@H]4CC[C@H](c5ccc6nc([C@@H]7C[C@@H]8CCC[C@@H]8N7C(=O)[C@@H](NC(=O)O)C7CCOCC7)[nH]c6c5)N4c4cc(F)c(N5CCCCC5)c(F)c4)cc3[nH]2)C[C@@H]2CCC[C@@H]21)C(C)C. The molecule has 0 spiro atoms. The van der Waals surface area contributed by atoms with Gasteiger partial charge in [0.1, 0.15) is 29.4 Å². The van der Waals surface area contributed by atoms with Crippen LogP contribution in [-0.4, -0.2) is 116 Å². The van der Waals surface area contributed by atoms with Crippen LogP contribution in [-0.2, 0) is 19.1 Å². The number of hydrogen-bond donors (Lipinski definition) is 5. The van der Waals surface area contributed by atoms with Crippen molar-refractivity contribution >= 4 is 57.4 Å². The molecule has 2 saturated carbocycles. The number of H-pyrrole nitrogens is 2. The lowest BCUT2D eigenvalue weighted by molar-refractivity contribution is -0.139. The molecule has 0 bridgehead atoms. The molecule has 0 radical (unpaired) electrons. The van der Waals surface area contributed by atoms with Crippen molar-refractivity contribution in [3.05, 3.63) is 82.9 Å². The Bertz CT molecular complexity index is 3020. The van der Waals surface area contributed by atoms with Crippen LogP contribution >= 0.6 is 0 Å². The minimum atomic E-state index is -1.22. The van der Waals surface area contributed by atoms with E-state index in [2.05, 4.69) is 43.7 Å². The lowest BCUT2D eigenvalue weighted by Crippen LogP contribution is -2.54. The highest BCUT2D eigenvalue weighted by Gasteiger charge is 2.52. The quantitative estimate of drug-likeness (QED) is 0.0796. The zero-order valence-corrected chi connectivity index (χ0v) is 44.3. The molecular weight excluding hydrogens is 987 g/mol.